The van der Waals surface area contributed by atoms with Crippen LogP contribution in [0.25, 0.3) is 0 Å². The first-order valence-electron chi connectivity index (χ1n) is 12.1. The van der Waals surface area contributed by atoms with E-state index in [2.05, 4.69) is 5.32 Å². The predicted octanol–water partition coefficient (Wildman–Crippen LogP) is 4.04. The first kappa shape index (κ1) is 25.2. The Balaban J connectivity index is 1.59. The summed E-state index contributed by atoms with van der Waals surface area (Å²) in [5, 5.41) is 3.52. The number of carbonyl (C=O) groups is 3. The molecule has 0 aliphatic carbocycles. The van der Waals surface area contributed by atoms with Gasteiger partial charge in [-0.05, 0) is 50.1 Å². The topological polar surface area (TPSA) is 79.0 Å². The van der Waals surface area contributed by atoms with Gasteiger partial charge >= 0.3 is 0 Å². The van der Waals surface area contributed by atoms with Crippen LogP contribution >= 0.6 is 11.6 Å². The van der Waals surface area contributed by atoms with Crippen molar-refractivity contribution in [3.05, 3.63) is 70.2 Å². The van der Waals surface area contributed by atoms with Gasteiger partial charge in [-0.1, -0.05) is 42.8 Å². The lowest BCUT2D eigenvalue weighted by molar-refractivity contribution is -0.128. The fourth-order valence-electron chi connectivity index (χ4n) is 4.81. The van der Waals surface area contributed by atoms with Gasteiger partial charge in [0.25, 0.3) is 11.8 Å². The summed E-state index contributed by atoms with van der Waals surface area (Å²) in [4.78, 5) is 43.5. The average Bonchev–Trinajstić information content (AvgIpc) is 3.22. The fraction of sp³-hybridized carbons (Fsp3) is 0.444. The predicted molar refractivity (Wildman–Crippen MR) is 134 cm³/mol. The maximum atomic E-state index is 13.9. The second-order valence-corrected chi connectivity index (χ2v) is 9.82. The van der Waals surface area contributed by atoms with E-state index < -0.39 is 11.8 Å². The van der Waals surface area contributed by atoms with E-state index in [1.165, 1.54) is 0 Å². The molecule has 0 radical (unpaired) electrons. The number of nitrogens with one attached hydrogen (secondary N) is 1. The first-order valence-corrected chi connectivity index (χ1v) is 12.5. The minimum atomic E-state index is -0.943. The summed E-state index contributed by atoms with van der Waals surface area (Å²) < 4.78 is 6.26. The second kappa shape index (κ2) is 10.4. The molecule has 2 aromatic carbocycles. The number of hydrogen-bond acceptors (Lipinski definition) is 4. The van der Waals surface area contributed by atoms with E-state index in [1.807, 2.05) is 39.0 Å². The molecule has 0 unspecified atom stereocenters. The number of amides is 3. The van der Waals surface area contributed by atoms with Gasteiger partial charge in [0.05, 0.1) is 6.61 Å². The standard InChI is InChI=1S/C27H32ClN3O4/c1-4-19(3)29-24(32)23-17-35-27(31(23)26(34)22-11-6-5-8-18(22)2)12-14-30(15-13-27)25(33)20-9-7-10-21(28)16-20/h5-11,16,19,23H,4,12-15,17H2,1-3H3,(H,29,32)/t19-,23-/m1/s1. The van der Waals surface area contributed by atoms with Crippen LogP contribution in [0, 0.1) is 6.92 Å². The third-order valence-corrected chi connectivity index (χ3v) is 7.30. The lowest BCUT2D eigenvalue weighted by Gasteiger charge is -2.44. The molecule has 3 amide bonds. The number of carbonyl (C=O) groups excluding carboxylic acids is 3. The van der Waals surface area contributed by atoms with Crippen LogP contribution in [0.2, 0.25) is 5.02 Å². The Labute approximate surface area is 211 Å². The summed E-state index contributed by atoms with van der Waals surface area (Å²) in [6.45, 7) is 6.77. The monoisotopic (exact) mass is 497 g/mol. The lowest BCUT2D eigenvalue weighted by atomic mass is 9.95. The summed E-state index contributed by atoms with van der Waals surface area (Å²) in [5.41, 5.74) is 0.979. The molecule has 4 rings (SSSR count). The van der Waals surface area contributed by atoms with Crippen LogP contribution in [0.5, 0.6) is 0 Å². The number of nitrogens with zero attached hydrogens (tertiary/aromatic N) is 2. The van der Waals surface area contributed by atoms with Gasteiger partial charge in [-0.3, -0.25) is 19.3 Å². The highest BCUT2D eigenvalue weighted by atomic mass is 35.5. The van der Waals surface area contributed by atoms with Crippen LogP contribution in [0.15, 0.2) is 48.5 Å². The molecule has 2 aliphatic heterocycles. The largest absolute Gasteiger partial charge is 0.353 e. The van der Waals surface area contributed by atoms with E-state index in [1.54, 1.807) is 40.1 Å². The number of piperidine rings is 1. The van der Waals surface area contributed by atoms with Crippen molar-refractivity contribution < 1.29 is 19.1 Å². The third kappa shape index (κ3) is 5.07. The Bertz CT molecular complexity index is 1110. The van der Waals surface area contributed by atoms with Crippen LogP contribution in [-0.4, -0.2) is 65.0 Å². The van der Waals surface area contributed by atoms with E-state index in [0.29, 0.717) is 42.1 Å². The molecule has 2 saturated heterocycles. The number of likely N-dealkylation sites (tertiary alicyclic amines) is 1. The van der Waals surface area contributed by atoms with Crippen LogP contribution < -0.4 is 5.32 Å². The van der Waals surface area contributed by atoms with Crippen LogP contribution in [0.1, 0.15) is 59.4 Å². The van der Waals surface area contributed by atoms with Crippen molar-refractivity contribution >= 4 is 29.3 Å². The SMILES string of the molecule is CC[C@@H](C)NC(=O)[C@H]1COC2(CCN(C(=O)c3cccc(Cl)c3)CC2)N1C(=O)c1ccccc1C. The van der Waals surface area contributed by atoms with Crippen molar-refractivity contribution in [3.63, 3.8) is 0 Å². The zero-order valence-corrected chi connectivity index (χ0v) is 21.2. The molecule has 7 nitrogen and oxygen atoms in total. The van der Waals surface area contributed by atoms with Gasteiger partial charge in [-0.15, -0.1) is 0 Å². The molecule has 2 aliphatic rings. The molecule has 0 bridgehead atoms. The number of aryl methyl sites for hydroxylation is 1. The maximum Gasteiger partial charge on any atom is 0.257 e. The van der Waals surface area contributed by atoms with E-state index in [0.717, 1.165) is 12.0 Å². The number of halogens is 1. The van der Waals surface area contributed by atoms with Gasteiger partial charge in [-0.25, -0.2) is 0 Å². The molecule has 186 valence electrons. The van der Waals surface area contributed by atoms with Gasteiger partial charge in [-0.2, -0.15) is 0 Å². The summed E-state index contributed by atoms with van der Waals surface area (Å²) in [5.74, 6) is -0.543. The zero-order valence-electron chi connectivity index (χ0n) is 20.4. The maximum absolute atomic E-state index is 13.9. The summed E-state index contributed by atoms with van der Waals surface area (Å²) in [7, 11) is 0. The molecule has 8 heteroatoms. The van der Waals surface area contributed by atoms with E-state index in [4.69, 9.17) is 16.3 Å². The van der Waals surface area contributed by atoms with E-state index >= 15 is 0 Å². The van der Waals surface area contributed by atoms with Gasteiger partial charge < -0.3 is 15.0 Å². The zero-order chi connectivity index (χ0) is 25.2. The van der Waals surface area contributed by atoms with Gasteiger partial charge in [0.2, 0.25) is 5.91 Å². The fourth-order valence-corrected chi connectivity index (χ4v) is 5.00. The Morgan fingerprint density at radius 2 is 1.83 bits per heavy atom. The van der Waals surface area contributed by atoms with Crippen molar-refractivity contribution in [2.45, 2.75) is 57.8 Å². The number of rotatable bonds is 5. The molecule has 2 aromatic rings. The number of benzene rings is 2. The van der Waals surface area contributed by atoms with Gasteiger partial charge in [0.15, 0.2) is 0 Å². The first-order chi connectivity index (χ1) is 16.8. The Kier molecular flexibility index (Phi) is 7.47. The number of ether oxygens (including phenoxy) is 1. The van der Waals surface area contributed by atoms with Crippen LogP contribution in [0.3, 0.4) is 0 Å². The molecule has 0 saturated carbocycles. The van der Waals surface area contributed by atoms with Crippen molar-refractivity contribution in [2.75, 3.05) is 19.7 Å². The van der Waals surface area contributed by atoms with E-state index in [9.17, 15) is 14.4 Å². The Morgan fingerprint density at radius 3 is 2.49 bits per heavy atom. The van der Waals surface area contributed by atoms with Gasteiger partial charge in [0.1, 0.15) is 11.8 Å². The smallest absolute Gasteiger partial charge is 0.257 e. The van der Waals surface area contributed by atoms with Crippen LogP contribution in [0.4, 0.5) is 0 Å². The number of hydrogen-bond donors (Lipinski definition) is 1. The molecular weight excluding hydrogens is 466 g/mol. The normalized spacial score (nSPS) is 20.1. The lowest BCUT2D eigenvalue weighted by Crippen LogP contribution is -2.60. The summed E-state index contributed by atoms with van der Waals surface area (Å²) >= 11 is 6.07. The molecule has 1 N–H and O–H groups in total. The van der Waals surface area contributed by atoms with Crippen molar-refractivity contribution in [1.29, 1.82) is 0 Å². The average molecular weight is 498 g/mol. The van der Waals surface area contributed by atoms with Crippen molar-refractivity contribution in [2.24, 2.45) is 0 Å². The third-order valence-electron chi connectivity index (χ3n) is 7.06. The van der Waals surface area contributed by atoms with Gasteiger partial charge in [0, 0.05) is 48.1 Å². The molecule has 2 atom stereocenters. The minimum Gasteiger partial charge on any atom is -0.353 e. The van der Waals surface area contributed by atoms with Crippen molar-refractivity contribution in [3.8, 4) is 0 Å². The van der Waals surface area contributed by atoms with Crippen LogP contribution in [-0.2, 0) is 9.53 Å². The molecule has 2 fully saturated rings. The highest BCUT2D eigenvalue weighted by Gasteiger charge is 2.54. The Morgan fingerprint density at radius 1 is 1.11 bits per heavy atom. The second-order valence-electron chi connectivity index (χ2n) is 9.38. The highest BCUT2D eigenvalue weighted by molar-refractivity contribution is 6.30. The van der Waals surface area contributed by atoms with E-state index in [-0.39, 0.29) is 30.4 Å². The quantitative estimate of drug-likeness (QED) is 0.676. The molecule has 1 spiro atoms. The Hall–Kier alpha value is -2.90. The summed E-state index contributed by atoms with van der Waals surface area (Å²) in [6.07, 6.45) is 1.63. The molecular formula is C27H32ClN3O4. The summed E-state index contributed by atoms with van der Waals surface area (Å²) in [6, 6.07) is 13.5. The minimum absolute atomic E-state index is 0.00775. The highest BCUT2D eigenvalue weighted by Crippen LogP contribution is 2.39. The van der Waals surface area contributed by atoms with Crippen molar-refractivity contribution in [1.82, 2.24) is 15.1 Å². The molecule has 0 aromatic heterocycles. The molecule has 2 heterocycles. The molecule has 35 heavy (non-hydrogen) atoms.